The van der Waals surface area contributed by atoms with Crippen molar-refractivity contribution in [3.05, 3.63) is 51.2 Å². The molecule has 0 saturated carbocycles. The van der Waals surface area contributed by atoms with Gasteiger partial charge in [0.25, 0.3) is 5.69 Å². The second-order valence-corrected chi connectivity index (χ2v) is 4.93. The van der Waals surface area contributed by atoms with Crippen LogP contribution < -0.4 is 5.32 Å². The van der Waals surface area contributed by atoms with Crippen LogP contribution in [0, 0.1) is 10.1 Å². The fourth-order valence-corrected chi connectivity index (χ4v) is 2.38. The Balaban J connectivity index is 2.54. The molecule has 0 aliphatic carbocycles. The van der Waals surface area contributed by atoms with E-state index in [0.29, 0.717) is 16.8 Å². The van der Waals surface area contributed by atoms with Crippen LogP contribution in [0.5, 0.6) is 0 Å². The van der Waals surface area contributed by atoms with Gasteiger partial charge in [-0.25, -0.2) is 4.79 Å². The molecule has 2 N–H and O–H groups in total. The summed E-state index contributed by atoms with van der Waals surface area (Å²) in [5, 5.41) is 23.8. The minimum absolute atomic E-state index is 0.0883. The number of hydrogen-bond acceptors (Lipinski definition) is 7. The number of nitro benzene ring substituents is 1. The summed E-state index contributed by atoms with van der Waals surface area (Å²) in [5.74, 6) is -0.555. The zero-order chi connectivity index (χ0) is 16.4. The molecule has 1 heterocycles. The van der Waals surface area contributed by atoms with Crippen molar-refractivity contribution in [1.29, 1.82) is 0 Å². The molecule has 1 aliphatic heterocycles. The van der Waals surface area contributed by atoms with Crippen LogP contribution in [0.25, 0.3) is 0 Å². The highest BCUT2D eigenvalue weighted by Gasteiger charge is 2.35. The molecule has 2 unspecified atom stereocenters. The van der Waals surface area contributed by atoms with Crippen LogP contribution in [0.1, 0.15) is 18.5 Å². The molecule has 0 aromatic heterocycles. The smallest absolute Gasteiger partial charge is 0.337 e. The van der Waals surface area contributed by atoms with Gasteiger partial charge in [0.1, 0.15) is 0 Å². The van der Waals surface area contributed by atoms with Crippen LogP contribution in [-0.2, 0) is 9.53 Å². The Morgan fingerprint density at radius 2 is 2.18 bits per heavy atom. The topological polar surface area (TPSA) is 105 Å². The summed E-state index contributed by atoms with van der Waals surface area (Å²) in [4.78, 5) is 24.0. The van der Waals surface area contributed by atoms with Gasteiger partial charge in [-0.05, 0) is 12.5 Å². The third kappa shape index (κ3) is 2.78. The Kier molecular flexibility index (Phi) is 4.43. The number of benzene rings is 1. The first-order valence-corrected chi connectivity index (χ1v) is 6.57. The summed E-state index contributed by atoms with van der Waals surface area (Å²) in [7, 11) is 2.89. The van der Waals surface area contributed by atoms with E-state index < -0.39 is 23.3 Å². The van der Waals surface area contributed by atoms with Gasteiger partial charge in [0.15, 0.2) is 6.35 Å². The number of carbonyl (C=O) groups excluding carboxylic acids is 1. The molecule has 8 nitrogen and oxygen atoms in total. The molecular weight excluding hydrogens is 290 g/mol. The summed E-state index contributed by atoms with van der Waals surface area (Å²) in [6.45, 7) is 1.68. The van der Waals surface area contributed by atoms with E-state index in [-0.39, 0.29) is 5.69 Å². The van der Waals surface area contributed by atoms with E-state index in [9.17, 15) is 20.0 Å². The van der Waals surface area contributed by atoms with Crippen LogP contribution in [-0.4, -0.2) is 41.4 Å². The number of nitrogens with zero attached hydrogens (tertiary/aromatic N) is 2. The molecule has 0 fully saturated rings. The largest absolute Gasteiger partial charge is 0.466 e. The molecule has 22 heavy (non-hydrogen) atoms. The van der Waals surface area contributed by atoms with Crippen molar-refractivity contribution in [2.24, 2.45) is 0 Å². The first kappa shape index (κ1) is 15.9. The maximum Gasteiger partial charge on any atom is 0.337 e. The number of esters is 1. The highest BCUT2D eigenvalue weighted by atomic mass is 16.6. The van der Waals surface area contributed by atoms with Gasteiger partial charge in [-0.2, -0.15) is 0 Å². The fourth-order valence-electron chi connectivity index (χ4n) is 2.38. The van der Waals surface area contributed by atoms with Gasteiger partial charge in [0.2, 0.25) is 0 Å². The molecule has 2 rings (SSSR count). The van der Waals surface area contributed by atoms with E-state index in [1.807, 2.05) is 0 Å². The van der Waals surface area contributed by atoms with E-state index in [1.165, 1.54) is 30.2 Å². The second-order valence-electron chi connectivity index (χ2n) is 4.93. The number of rotatable bonds is 3. The Morgan fingerprint density at radius 3 is 2.77 bits per heavy atom. The van der Waals surface area contributed by atoms with Crippen molar-refractivity contribution in [2.75, 3.05) is 14.2 Å². The maximum atomic E-state index is 12.1. The number of ether oxygens (including phenoxy) is 1. The molecule has 0 bridgehead atoms. The quantitative estimate of drug-likeness (QED) is 0.485. The molecule has 1 aromatic carbocycles. The Hall–Kier alpha value is -2.45. The van der Waals surface area contributed by atoms with Gasteiger partial charge in [0.05, 0.1) is 23.6 Å². The zero-order valence-electron chi connectivity index (χ0n) is 12.4. The number of allylic oxidation sites excluding steroid dienone is 1. The Bertz CT molecular complexity index is 643. The average Bonchev–Trinajstić information content (AvgIpc) is 2.51. The summed E-state index contributed by atoms with van der Waals surface area (Å²) in [6.07, 6.45) is -1.02. The number of hydrogen-bond donors (Lipinski definition) is 2. The molecular formula is C14H17N3O5. The highest BCUT2D eigenvalue weighted by Crippen LogP contribution is 2.32. The predicted octanol–water partition coefficient (Wildman–Crippen LogP) is 0.894. The van der Waals surface area contributed by atoms with Crippen molar-refractivity contribution in [3.63, 3.8) is 0 Å². The second kappa shape index (κ2) is 6.12. The molecule has 0 saturated heterocycles. The third-order valence-corrected chi connectivity index (χ3v) is 3.71. The lowest BCUT2D eigenvalue weighted by atomic mass is 9.94. The van der Waals surface area contributed by atoms with Crippen LogP contribution in [0.3, 0.4) is 0 Å². The molecule has 1 aromatic rings. The van der Waals surface area contributed by atoms with Crippen molar-refractivity contribution >= 4 is 11.7 Å². The molecule has 0 spiro atoms. The van der Waals surface area contributed by atoms with Crippen LogP contribution in [0.4, 0.5) is 5.69 Å². The Labute approximate surface area is 127 Å². The van der Waals surface area contributed by atoms with E-state index in [1.54, 1.807) is 20.0 Å². The van der Waals surface area contributed by atoms with Gasteiger partial charge in [-0.15, -0.1) is 0 Å². The van der Waals surface area contributed by atoms with Gasteiger partial charge in [-0.3, -0.25) is 15.4 Å². The molecule has 1 aliphatic rings. The molecule has 118 valence electrons. The lowest BCUT2D eigenvalue weighted by Crippen LogP contribution is -2.50. The van der Waals surface area contributed by atoms with E-state index in [0.717, 1.165) is 0 Å². The average molecular weight is 307 g/mol. The standard InChI is InChI=1S/C14H17N3O5/c1-8-11(13(18)22-3)12(15-14(19)16(8)2)9-5-4-6-10(7-9)17(20)21/h4-7,12,14-15,19H,1-3H3. The number of nitro groups is 1. The first-order valence-electron chi connectivity index (χ1n) is 6.57. The predicted molar refractivity (Wildman–Crippen MR) is 77.5 cm³/mol. The third-order valence-electron chi connectivity index (χ3n) is 3.71. The number of non-ortho nitro benzene ring substituents is 1. The van der Waals surface area contributed by atoms with E-state index >= 15 is 0 Å². The van der Waals surface area contributed by atoms with Crippen LogP contribution in [0.2, 0.25) is 0 Å². The van der Waals surface area contributed by atoms with Crippen molar-refractivity contribution in [1.82, 2.24) is 10.2 Å². The zero-order valence-corrected chi connectivity index (χ0v) is 12.4. The molecule has 0 amide bonds. The normalized spacial score (nSPS) is 21.7. The minimum Gasteiger partial charge on any atom is -0.466 e. The molecule has 2 atom stereocenters. The minimum atomic E-state index is -1.02. The summed E-state index contributed by atoms with van der Waals surface area (Å²) >= 11 is 0. The van der Waals surface area contributed by atoms with Crippen LogP contribution >= 0.6 is 0 Å². The fraction of sp³-hybridized carbons (Fsp3) is 0.357. The van der Waals surface area contributed by atoms with Crippen LogP contribution in [0.15, 0.2) is 35.5 Å². The van der Waals surface area contributed by atoms with Crippen molar-refractivity contribution in [2.45, 2.75) is 19.3 Å². The van der Waals surface area contributed by atoms with Crippen molar-refractivity contribution < 1.29 is 19.6 Å². The van der Waals surface area contributed by atoms with E-state index in [2.05, 4.69) is 5.32 Å². The number of aliphatic hydroxyl groups is 1. The summed E-state index contributed by atoms with van der Waals surface area (Å²) in [5.41, 5.74) is 1.25. The molecule has 0 radical (unpaired) electrons. The first-order chi connectivity index (χ1) is 10.4. The monoisotopic (exact) mass is 307 g/mol. The lowest BCUT2D eigenvalue weighted by Gasteiger charge is -2.38. The summed E-state index contributed by atoms with van der Waals surface area (Å²) < 4.78 is 4.79. The number of carbonyl (C=O) groups is 1. The van der Waals surface area contributed by atoms with Crippen molar-refractivity contribution in [3.8, 4) is 0 Å². The Morgan fingerprint density at radius 1 is 1.50 bits per heavy atom. The van der Waals surface area contributed by atoms with Gasteiger partial charge >= 0.3 is 5.97 Å². The molecule has 8 heteroatoms. The SMILES string of the molecule is COC(=O)C1=C(C)N(C)C(O)NC1c1cccc([N+](=O)[O-])c1. The van der Waals surface area contributed by atoms with Gasteiger partial charge in [0, 0.05) is 24.9 Å². The number of aliphatic hydroxyl groups excluding tert-OH is 1. The van der Waals surface area contributed by atoms with E-state index in [4.69, 9.17) is 4.74 Å². The highest BCUT2D eigenvalue weighted by molar-refractivity contribution is 5.91. The lowest BCUT2D eigenvalue weighted by molar-refractivity contribution is -0.384. The number of nitrogens with one attached hydrogen (secondary N) is 1. The van der Waals surface area contributed by atoms with Gasteiger partial charge in [-0.1, -0.05) is 12.1 Å². The number of methoxy groups -OCH3 is 1. The van der Waals surface area contributed by atoms with Gasteiger partial charge < -0.3 is 14.7 Å². The summed E-state index contributed by atoms with van der Waals surface area (Å²) in [6, 6.07) is 5.22. The maximum absolute atomic E-state index is 12.1.